The van der Waals surface area contributed by atoms with Gasteiger partial charge in [0.2, 0.25) is 0 Å². The molecule has 194 valence electrons. The minimum atomic E-state index is -0.638. The zero-order valence-corrected chi connectivity index (χ0v) is 22.5. The molecule has 0 unspecified atom stereocenters. The molecule has 4 N–H and O–H groups in total. The summed E-state index contributed by atoms with van der Waals surface area (Å²) in [6.07, 6.45) is 9.04. The van der Waals surface area contributed by atoms with Crippen molar-refractivity contribution in [1.29, 1.82) is 0 Å². The number of aryl methyl sites for hydroxylation is 4. The molecule has 3 aromatic carbocycles. The number of phenols is 4. The van der Waals surface area contributed by atoms with Gasteiger partial charge < -0.3 is 20.4 Å². The summed E-state index contributed by atoms with van der Waals surface area (Å²) in [4.78, 5) is 0. The second kappa shape index (κ2) is 11.7. The highest BCUT2D eigenvalue weighted by molar-refractivity contribution is 5.59. The molecule has 4 nitrogen and oxygen atoms in total. The summed E-state index contributed by atoms with van der Waals surface area (Å²) in [6, 6.07) is 13.2. The fraction of sp³-hybridized carbons (Fsp3) is 0.438. The van der Waals surface area contributed by atoms with E-state index in [0.29, 0.717) is 0 Å². The summed E-state index contributed by atoms with van der Waals surface area (Å²) in [5, 5.41) is 41.7. The van der Waals surface area contributed by atoms with Gasteiger partial charge in [-0.3, -0.25) is 0 Å². The van der Waals surface area contributed by atoms with E-state index in [4.69, 9.17) is 0 Å². The molecule has 0 saturated carbocycles. The average molecular weight is 491 g/mol. The molecule has 0 aliphatic carbocycles. The van der Waals surface area contributed by atoms with Gasteiger partial charge in [0, 0.05) is 5.41 Å². The fourth-order valence-corrected chi connectivity index (χ4v) is 5.47. The first-order valence-electron chi connectivity index (χ1n) is 13.3. The number of benzene rings is 3. The van der Waals surface area contributed by atoms with Crippen LogP contribution in [0.3, 0.4) is 0 Å². The molecule has 0 amide bonds. The summed E-state index contributed by atoms with van der Waals surface area (Å²) >= 11 is 0. The van der Waals surface area contributed by atoms with Crippen molar-refractivity contribution in [3.63, 3.8) is 0 Å². The topological polar surface area (TPSA) is 80.9 Å². The van der Waals surface area contributed by atoms with Crippen LogP contribution in [0.5, 0.6) is 23.0 Å². The predicted molar refractivity (Wildman–Crippen MR) is 147 cm³/mol. The molecule has 4 heteroatoms. The van der Waals surface area contributed by atoms with Crippen LogP contribution in [0.25, 0.3) is 0 Å². The van der Waals surface area contributed by atoms with E-state index < -0.39 is 5.41 Å². The number of aromatic hydroxyl groups is 4. The third-order valence-electron chi connectivity index (χ3n) is 7.59. The highest BCUT2D eigenvalue weighted by Gasteiger charge is 2.38. The van der Waals surface area contributed by atoms with Gasteiger partial charge in [-0.25, -0.2) is 0 Å². The standard InChI is InChI=1S/C32H42O4/c1-6-7-8-9-10-11-12-15-32(25-13-14-28(33)29(34)20-25,26-16-21(2)30(35)22(3)17-26)27-18-23(4)31(36)24(5)19-27/h13-14,16-20,33-36H,6-12,15H2,1-5H3. The molecule has 0 aliphatic rings. The molecule has 36 heavy (non-hydrogen) atoms. The smallest absolute Gasteiger partial charge is 0.157 e. The van der Waals surface area contributed by atoms with Crippen molar-refractivity contribution in [2.24, 2.45) is 0 Å². The van der Waals surface area contributed by atoms with E-state index in [-0.39, 0.29) is 23.0 Å². The fourth-order valence-electron chi connectivity index (χ4n) is 5.47. The Morgan fingerprint density at radius 2 is 0.972 bits per heavy atom. The minimum Gasteiger partial charge on any atom is -0.507 e. The summed E-state index contributed by atoms with van der Waals surface area (Å²) in [7, 11) is 0. The van der Waals surface area contributed by atoms with Crippen LogP contribution in [-0.4, -0.2) is 20.4 Å². The predicted octanol–water partition coefficient (Wildman–Crippen LogP) is 8.22. The van der Waals surface area contributed by atoms with Crippen molar-refractivity contribution in [2.45, 2.75) is 91.4 Å². The molecular formula is C32H42O4. The van der Waals surface area contributed by atoms with Crippen LogP contribution in [0, 0.1) is 27.7 Å². The lowest BCUT2D eigenvalue weighted by atomic mass is 9.65. The third-order valence-corrected chi connectivity index (χ3v) is 7.59. The second-order valence-electron chi connectivity index (χ2n) is 10.4. The van der Waals surface area contributed by atoms with Crippen LogP contribution in [0.1, 0.15) is 97.2 Å². The van der Waals surface area contributed by atoms with Crippen molar-refractivity contribution in [1.82, 2.24) is 0 Å². The lowest BCUT2D eigenvalue weighted by Crippen LogP contribution is -2.30. The summed E-state index contributed by atoms with van der Waals surface area (Å²) in [5.41, 5.74) is 5.47. The minimum absolute atomic E-state index is 0.153. The van der Waals surface area contributed by atoms with Crippen molar-refractivity contribution < 1.29 is 20.4 Å². The van der Waals surface area contributed by atoms with Crippen LogP contribution in [-0.2, 0) is 5.41 Å². The Bertz CT molecular complexity index is 1090. The van der Waals surface area contributed by atoms with E-state index in [1.807, 2.05) is 58.0 Å². The van der Waals surface area contributed by atoms with Crippen molar-refractivity contribution >= 4 is 0 Å². The highest BCUT2D eigenvalue weighted by Crippen LogP contribution is 2.48. The molecule has 0 atom stereocenters. The van der Waals surface area contributed by atoms with Crippen LogP contribution in [0.2, 0.25) is 0 Å². The van der Waals surface area contributed by atoms with Crippen molar-refractivity contribution in [3.05, 3.63) is 81.4 Å². The Balaban J connectivity index is 2.22. The zero-order chi connectivity index (χ0) is 26.5. The van der Waals surface area contributed by atoms with Gasteiger partial charge in [-0.05, 0) is 85.2 Å². The monoisotopic (exact) mass is 490 g/mol. The number of rotatable bonds is 11. The number of hydrogen-bond donors (Lipinski definition) is 4. The van der Waals surface area contributed by atoms with E-state index in [0.717, 1.165) is 58.2 Å². The quantitative estimate of drug-likeness (QED) is 0.124. The molecule has 0 spiro atoms. The maximum atomic E-state index is 10.6. The van der Waals surface area contributed by atoms with Crippen LogP contribution >= 0.6 is 0 Å². The Morgan fingerprint density at radius 3 is 1.42 bits per heavy atom. The molecule has 0 aromatic heterocycles. The molecule has 0 saturated heterocycles. The molecule has 0 aliphatic heterocycles. The molecule has 0 heterocycles. The Labute approximate surface area is 216 Å². The first kappa shape index (κ1) is 27.4. The number of phenolic OH excluding ortho intramolecular Hbond substituents is 4. The largest absolute Gasteiger partial charge is 0.507 e. The van der Waals surface area contributed by atoms with Gasteiger partial charge in [0.05, 0.1) is 0 Å². The maximum absolute atomic E-state index is 10.6. The molecular weight excluding hydrogens is 448 g/mol. The zero-order valence-electron chi connectivity index (χ0n) is 22.5. The lowest BCUT2D eigenvalue weighted by molar-refractivity contribution is 0.401. The first-order chi connectivity index (χ1) is 17.1. The highest BCUT2D eigenvalue weighted by atomic mass is 16.3. The van der Waals surface area contributed by atoms with Crippen LogP contribution in [0.4, 0.5) is 0 Å². The van der Waals surface area contributed by atoms with Crippen molar-refractivity contribution in [3.8, 4) is 23.0 Å². The van der Waals surface area contributed by atoms with Gasteiger partial charge in [-0.15, -0.1) is 0 Å². The number of unbranched alkanes of at least 4 members (excludes halogenated alkanes) is 6. The SMILES string of the molecule is CCCCCCCCCC(c1cc(C)c(O)c(C)c1)(c1cc(C)c(O)c(C)c1)c1ccc(O)c(O)c1. The van der Waals surface area contributed by atoms with E-state index in [2.05, 4.69) is 6.92 Å². The Hall–Kier alpha value is -3.14. The van der Waals surface area contributed by atoms with Gasteiger partial charge in [-0.2, -0.15) is 0 Å². The van der Waals surface area contributed by atoms with Gasteiger partial charge in [0.25, 0.3) is 0 Å². The van der Waals surface area contributed by atoms with Gasteiger partial charge in [0.1, 0.15) is 11.5 Å². The van der Waals surface area contributed by atoms with Gasteiger partial charge >= 0.3 is 0 Å². The third kappa shape index (κ3) is 5.64. The molecule has 3 aromatic rings. The molecule has 0 bridgehead atoms. The van der Waals surface area contributed by atoms with Crippen LogP contribution < -0.4 is 0 Å². The Kier molecular flexibility index (Phi) is 8.94. The van der Waals surface area contributed by atoms with E-state index in [9.17, 15) is 20.4 Å². The normalized spacial score (nSPS) is 11.7. The van der Waals surface area contributed by atoms with Gasteiger partial charge in [-0.1, -0.05) is 82.2 Å². The van der Waals surface area contributed by atoms with E-state index in [1.54, 1.807) is 12.1 Å². The maximum Gasteiger partial charge on any atom is 0.157 e. The molecule has 3 rings (SSSR count). The summed E-state index contributed by atoms with van der Waals surface area (Å²) in [5.74, 6) is 0.265. The molecule has 0 fully saturated rings. The summed E-state index contributed by atoms with van der Waals surface area (Å²) < 4.78 is 0. The van der Waals surface area contributed by atoms with E-state index >= 15 is 0 Å². The summed E-state index contributed by atoms with van der Waals surface area (Å²) in [6.45, 7) is 9.86. The lowest BCUT2D eigenvalue weighted by Gasteiger charge is -2.37. The van der Waals surface area contributed by atoms with Crippen LogP contribution in [0.15, 0.2) is 42.5 Å². The van der Waals surface area contributed by atoms with Crippen molar-refractivity contribution in [2.75, 3.05) is 0 Å². The first-order valence-corrected chi connectivity index (χ1v) is 13.3. The van der Waals surface area contributed by atoms with E-state index in [1.165, 1.54) is 32.1 Å². The Morgan fingerprint density at radius 1 is 0.528 bits per heavy atom. The average Bonchev–Trinajstić information content (AvgIpc) is 2.84. The second-order valence-corrected chi connectivity index (χ2v) is 10.4. The van der Waals surface area contributed by atoms with Gasteiger partial charge in [0.15, 0.2) is 11.5 Å². The molecule has 0 radical (unpaired) electrons. The number of hydrogen-bond acceptors (Lipinski definition) is 4.